The van der Waals surface area contributed by atoms with E-state index in [9.17, 15) is 4.79 Å². The van der Waals surface area contributed by atoms with E-state index in [2.05, 4.69) is 26.3 Å². The average Bonchev–Trinajstić information content (AvgIpc) is 2.93. The van der Waals surface area contributed by atoms with Crippen molar-refractivity contribution in [2.75, 3.05) is 13.7 Å². The summed E-state index contributed by atoms with van der Waals surface area (Å²) in [7, 11) is 1.65. The maximum atomic E-state index is 10.9. The van der Waals surface area contributed by atoms with Crippen molar-refractivity contribution >= 4 is 21.9 Å². The van der Waals surface area contributed by atoms with Gasteiger partial charge < -0.3 is 9.84 Å². The molecule has 2 rings (SSSR count). The Kier molecular flexibility index (Phi) is 4.36. The lowest BCUT2D eigenvalue weighted by molar-refractivity contribution is -0.139. The Morgan fingerprint density at radius 3 is 3.11 bits per heavy atom. The fourth-order valence-electron chi connectivity index (χ4n) is 2.23. The number of hydrogen-bond acceptors (Lipinski definition) is 4. The number of nitrogens with one attached hydrogen (secondary N) is 1. The number of rotatable bonds is 5. The van der Waals surface area contributed by atoms with Crippen LogP contribution in [0.4, 0.5) is 0 Å². The molecule has 2 N–H and O–H groups in total. The molecule has 0 amide bonds. The third-order valence-electron chi connectivity index (χ3n) is 3.12. The van der Waals surface area contributed by atoms with Gasteiger partial charge in [-0.05, 0) is 28.8 Å². The zero-order chi connectivity index (χ0) is 13.1. The molecule has 0 spiro atoms. The molecule has 1 fully saturated rings. The van der Waals surface area contributed by atoms with Crippen molar-refractivity contribution in [1.82, 2.24) is 15.1 Å². The van der Waals surface area contributed by atoms with Crippen molar-refractivity contribution in [2.45, 2.75) is 31.5 Å². The Balaban J connectivity index is 2.13. The van der Waals surface area contributed by atoms with E-state index in [4.69, 9.17) is 9.84 Å². The summed E-state index contributed by atoms with van der Waals surface area (Å²) < 4.78 is 7.80. The Labute approximate surface area is 113 Å². The number of aliphatic carboxylic acids is 1. The highest BCUT2D eigenvalue weighted by atomic mass is 79.9. The van der Waals surface area contributed by atoms with E-state index in [0.29, 0.717) is 19.6 Å². The first-order chi connectivity index (χ1) is 8.63. The molecule has 1 aliphatic rings. The van der Waals surface area contributed by atoms with Crippen LogP contribution in [0.1, 0.15) is 24.6 Å². The average molecular weight is 318 g/mol. The minimum Gasteiger partial charge on any atom is -0.480 e. The highest BCUT2D eigenvalue weighted by Crippen LogP contribution is 2.31. The summed E-state index contributed by atoms with van der Waals surface area (Å²) in [6.45, 7) is 1.24. The van der Waals surface area contributed by atoms with Gasteiger partial charge in [0.05, 0.1) is 35.6 Å². The maximum absolute atomic E-state index is 10.9. The van der Waals surface area contributed by atoms with Gasteiger partial charge in [-0.3, -0.25) is 14.8 Å². The molecule has 6 nitrogen and oxygen atoms in total. The zero-order valence-corrected chi connectivity index (χ0v) is 11.7. The molecule has 0 radical (unpaired) electrons. The lowest BCUT2D eigenvalue weighted by atomic mass is 10.1. The number of nitrogens with zero attached hydrogens (tertiary/aromatic N) is 2. The highest BCUT2D eigenvalue weighted by molar-refractivity contribution is 9.10. The molecule has 1 aromatic rings. The molecule has 18 heavy (non-hydrogen) atoms. The monoisotopic (exact) mass is 317 g/mol. The normalized spacial score (nSPS) is 23.4. The largest absolute Gasteiger partial charge is 0.480 e. The van der Waals surface area contributed by atoms with E-state index in [-0.39, 0.29) is 6.04 Å². The second-order valence-corrected chi connectivity index (χ2v) is 5.14. The molecule has 0 saturated carbocycles. The predicted molar refractivity (Wildman–Crippen MR) is 68.3 cm³/mol. The summed E-state index contributed by atoms with van der Waals surface area (Å²) in [5, 5.41) is 16.4. The molecule has 2 heterocycles. The first-order valence-electron chi connectivity index (χ1n) is 5.82. The van der Waals surface area contributed by atoms with Crippen LogP contribution in [0, 0.1) is 0 Å². The van der Waals surface area contributed by atoms with Gasteiger partial charge in [-0.25, -0.2) is 0 Å². The van der Waals surface area contributed by atoms with E-state index in [1.807, 2.05) is 4.68 Å². The zero-order valence-electron chi connectivity index (χ0n) is 10.1. The Morgan fingerprint density at radius 1 is 1.72 bits per heavy atom. The topological polar surface area (TPSA) is 76.4 Å². The van der Waals surface area contributed by atoms with Gasteiger partial charge in [-0.15, -0.1) is 0 Å². The van der Waals surface area contributed by atoms with Crippen LogP contribution < -0.4 is 5.32 Å². The smallest absolute Gasteiger partial charge is 0.320 e. The Hall–Kier alpha value is -0.920. The van der Waals surface area contributed by atoms with Crippen molar-refractivity contribution in [1.29, 1.82) is 0 Å². The number of halogens is 1. The van der Waals surface area contributed by atoms with E-state index in [0.717, 1.165) is 16.6 Å². The van der Waals surface area contributed by atoms with Crippen LogP contribution in [-0.2, 0) is 16.1 Å². The van der Waals surface area contributed by atoms with Gasteiger partial charge in [-0.2, -0.15) is 5.10 Å². The first-order valence-corrected chi connectivity index (χ1v) is 6.61. The molecule has 100 valence electrons. The number of aromatic nitrogens is 2. The fraction of sp³-hybridized carbons (Fsp3) is 0.636. The van der Waals surface area contributed by atoms with Gasteiger partial charge in [0.25, 0.3) is 0 Å². The van der Waals surface area contributed by atoms with Crippen LogP contribution in [0.15, 0.2) is 10.7 Å². The molecule has 0 aromatic carbocycles. The fourth-order valence-corrected chi connectivity index (χ4v) is 2.80. The summed E-state index contributed by atoms with van der Waals surface area (Å²) in [6.07, 6.45) is 3.18. The van der Waals surface area contributed by atoms with E-state index < -0.39 is 12.0 Å². The molecule has 0 bridgehead atoms. The number of carbonyl (C=O) groups is 1. The van der Waals surface area contributed by atoms with Crippen LogP contribution in [-0.4, -0.2) is 40.6 Å². The van der Waals surface area contributed by atoms with Crippen molar-refractivity contribution in [3.8, 4) is 0 Å². The molecular weight excluding hydrogens is 302 g/mol. The van der Waals surface area contributed by atoms with Crippen molar-refractivity contribution in [3.63, 3.8) is 0 Å². The summed E-state index contributed by atoms with van der Waals surface area (Å²) >= 11 is 3.46. The summed E-state index contributed by atoms with van der Waals surface area (Å²) in [4.78, 5) is 10.9. The van der Waals surface area contributed by atoms with Gasteiger partial charge in [0.15, 0.2) is 0 Å². The van der Waals surface area contributed by atoms with E-state index in [1.165, 1.54) is 0 Å². The standard InChI is InChI=1S/C11H16BrN3O3/c1-18-5-4-15-10(7(12)6-13-15)8-2-3-9(14-8)11(16)17/h6,8-9,14H,2-5H2,1H3,(H,16,17). The molecule has 2 atom stereocenters. The summed E-state index contributed by atoms with van der Waals surface area (Å²) in [5.74, 6) is -0.795. The summed E-state index contributed by atoms with van der Waals surface area (Å²) in [5.41, 5.74) is 0.996. The van der Waals surface area contributed by atoms with Crippen molar-refractivity contribution in [3.05, 3.63) is 16.4 Å². The number of ether oxygens (including phenoxy) is 1. The first kappa shape index (κ1) is 13.5. The van der Waals surface area contributed by atoms with Crippen molar-refractivity contribution < 1.29 is 14.6 Å². The summed E-state index contributed by atoms with van der Waals surface area (Å²) in [6, 6.07) is -0.437. The molecule has 1 aromatic heterocycles. The number of carboxylic acids is 1. The van der Waals surface area contributed by atoms with Gasteiger partial charge in [0, 0.05) is 7.11 Å². The van der Waals surface area contributed by atoms with Crippen LogP contribution in [0.3, 0.4) is 0 Å². The van der Waals surface area contributed by atoms with E-state index >= 15 is 0 Å². The molecule has 1 saturated heterocycles. The van der Waals surface area contributed by atoms with Crippen LogP contribution >= 0.6 is 15.9 Å². The second-order valence-electron chi connectivity index (χ2n) is 4.28. The molecule has 1 aliphatic heterocycles. The number of methoxy groups -OCH3 is 1. The maximum Gasteiger partial charge on any atom is 0.320 e. The lowest BCUT2D eigenvalue weighted by Gasteiger charge is -2.15. The highest BCUT2D eigenvalue weighted by Gasteiger charge is 2.32. The van der Waals surface area contributed by atoms with Crippen LogP contribution in [0.2, 0.25) is 0 Å². The van der Waals surface area contributed by atoms with Crippen LogP contribution in [0.25, 0.3) is 0 Å². The van der Waals surface area contributed by atoms with Gasteiger partial charge >= 0.3 is 5.97 Å². The minimum atomic E-state index is -0.795. The van der Waals surface area contributed by atoms with Crippen LogP contribution in [0.5, 0.6) is 0 Å². The van der Waals surface area contributed by atoms with Gasteiger partial charge in [-0.1, -0.05) is 0 Å². The Morgan fingerprint density at radius 2 is 2.50 bits per heavy atom. The molecular formula is C11H16BrN3O3. The lowest BCUT2D eigenvalue weighted by Crippen LogP contribution is -2.32. The number of carboxylic acid groups (broad SMARTS) is 1. The van der Waals surface area contributed by atoms with E-state index in [1.54, 1.807) is 13.3 Å². The second kappa shape index (κ2) is 5.81. The Bertz CT molecular complexity index is 435. The van der Waals surface area contributed by atoms with Gasteiger partial charge in [0.1, 0.15) is 6.04 Å². The minimum absolute atomic E-state index is 0.0276. The molecule has 7 heteroatoms. The molecule has 0 aliphatic carbocycles. The SMILES string of the molecule is COCCn1ncc(Br)c1C1CCC(C(=O)O)N1. The predicted octanol–water partition coefficient (Wildman–Crippen LogP) is 1.17. The van der Waals surface area contributed by atoms with Gasteiger partial charge in [0.2, 0.25) is 0 Å². The quantitative estimate of drug-likeness (QED) is 0.852. The number of hydrogen-bond donors (Lipinski definition) is 2. The molecule has 2 unspecified atom stereocenters. The third-order valence-corrected chi connectivity index (χ3v) is 3.73. The third kappa shape index (κ3) is 2.73. The van der Waals surface area contributed by atoms with Crippen molar-refractivity contribution in [2.24, 2.45) is 0 Å².